The van der Waals surface area contributed by atoms with Crippen LogP contribution in [0.25, 0.3) is 0 Å². The largest absolute Gasteiger partial charge is 0.367 e. The molecule has 1 saturated heterocycles. The summed E-state index contributed by atoms with van der Waals surface area (Å²) in [5, 5.41) is 3.66. The SMILES string of the molecule is O=C(CCc1ccccc1)N1CCC(CNc2nccnc2Cl)CC1. The Bertz CT molecular complexity index is 687. The van der Waals surface area contributed by atoms with Crippen LogP contribution in [0.2, 0.25) is 5.15 Å². The van der Waals surface area contributed by atoms with E-state index >= 15 is 0 Å². The second-order valence-electron chi connectivity index (χ2n) is 6.39. The molecule has 1 fully saturated rings. The summed E-state index contributed by atoms with van der Waals surface area (Å²) in [5.41, 5.74) is 1.22. The van der Waals surface area contributed by atoms with Gasteiger partial charge in [0.2, 0.25) is 5.91 Å². The van der Waals surface area contributed by atoms with Crippen LogP contribution in [0.4, 0.5) is 5.82 Å². The number of likely N-dealkylation sites (tertiary alicyclic amines) is 1. The third-order valence-electron chi connectivity index (χ3n) is 4.65. The van der Waals surface area contributed by atoms with Gasteiger partial charge in [-0.25, -0.2) is 9.97 Å². The Morgan fingerprint density at radius 2 is 1.88 bits per heavy atom. The van der Waals surface area contributed by atoms with E-state index in [0.717, 1.165) is 38.9 Å². The fourth-order valence-corrected chi connectivity index (χ4v) is 3.29. The van der Waals surface area contributed by atoms with Crippen molar-refractivity contribution in [2.24, 2.45) is 5.92 Å². The van der Waals surface area contributed by atoms with E-state index in [1.807, 2.05) is 23.1 Å². The molecule has 1 aliphatic heterocycles. The lowest BCUT2D eigenvalue weighted by molar-refractivity contribution is -0.132. The Kier molecular flexibility index (Phi) is 6.23. The second-order valence-corrected chi connectivity index (χ2v) is 6.74. The number of amides is 1. The number of carbonyl (C=O) groups is 1. The second kappa shape index (κ2) is 8.81. The molecule has 0 aliphatic carbocycles. The number of carbonyl (C=O) groups excluding carboxylic acids is 1. The van der Waals surface area contributed by atoms with Crippen molar-refractivity contribution in [2.75, 3.05) is 25.0 Å². The summed E-state index contributed by atoms with van der Waals surface area (Å²) in [6, 6.07) is 10.2. The predicted molar refractivity (Wildman–Crippen MR) is 99.6 cm³/mol. The molecule has 0 saturated carbocycles. The highest BCUT2D eigenvalue weighted by Gasteiger charge is 2.22. The summed E-state index contributed by atoms with van der Waals surface area (Å²) in [4.78, 5) is 22.6. The molecule has 2 heterocycles. The molecule has 6 heteroatoms. The molecule has 2 aromatic rings. The van der Waals surface area contributed by atoms with Crippen LogP contribution in [0.15, 0.2) is 42.7 Å². The molecular weight excluding hydrogens is 336 g/mol. The molecule has 0 atom stereocenters. The summed E-state index contributed by atoms with van der Waals surface area (Å²) >= 11 is 6.00. The molecule has 0 unspecified atom stereocenters. The van der Waals surface area contributed by atoms with E-state index in [4.69, 9.17) is 11.6 Å². The number of hydrogen-bond donors (Lipinski definition) is 1. The monoisotopic (exact) mass is 358 g/mol. The van der Waals surface area contributed by atoms with Gasteiger partial charge in [0.25, 0.3) is 0 Å². The van der Waals surface area contributed by atoms with E-state index in [2.05, 4.69) is 27.4 Å². The zero-order valence-electron chi connectivity index (χ0n) is 14.2. The molecule has 0 spiro atoms. The number of benzene rings is 1. The Labute approximate surface area is 153 Å². The van der Waals surface area contributed by atoms with Crippen molar-refractivity contribution < 1.29 is 4.79 Å². The maximum atomic E-state index is 12.4. The summed E-state index contributed by atoms with van der Waals surface area (Å²) in [5.74, 6) is 1.41. The fourth-order valence-electron chi connectivity index (χ4n) is 3.12. The maximum Gasteiger partial charge on any atom is 0.222 e. The first kappa shape index (κ1) is 17.7. The molecule has 3 rings (SSSR count). The average Bonchev–Trinajstić information content (AvgIpc) is 2.67. The third kappa shape index (κ3) is 5.16. The quantitative estimate of drug-likeness (QED) is 0.859. The zero-order valence-corrected chi connectivity index (χ0v) is 15.0. The maximum absolute atomic E-state index is 12.4. The van der Waals surface area contributed by atoms with Crippen LogP contribution in [0.5, 0.6) is 0 Å². The minimum atomic E-state index is 0.257. The van der Waals surface area contributed by atoms with E-state index in [1.165, 1.54) is 5.56 Å². The van der Waals surface area contributed by atoms with Crippen LogP contribution >= 0.6 is 11.6 Å². The number of piperidine rings is 1. The van der Waals surface area contributed by atoms with Crippen molar-refractivity contribution in [3.05, 3.63) is 53.4 Å². The Hall–Kier alpha value is -2.14. The van der Waals surface area contributed by atoms with Crippen LogP contribution in [-0.4, -0.2) is 40.4 Å². The van der Waals surface area contributed by atoms with Crippen molar-refractivity contribution >= 4 is 23.3 Å². The van der Waals surface area contributed by atoms with Gasteiger partial charge in [-0.2, -0.15) is 0 Å². The van der Waals surface area contributed by atoms with E-state index in [-0.39, 0.29) is 5.91 Å². The van der Waals surface area contributed by atoms with Crippen LogP contribution in [0.3, 0.4) is 0 Å². The highest BCUT2D eigenvalue weighted by atomic mass is 35.5. The molecule has 132 valence electrons. The molecule has 1 aromatic carbocycles. The van der Waals surface area contributed by atoms with Crippen molar-refractivity contribution in [1.82, 2.24) is 14.9 Å². The number of aryl methyl sites for hydroxylation is 1. The average molecular weight is 359 g/mol. The normalized spacial score (nSPS) is 15.2. The van der Waals surface area contributed by atoms with E-state index in [9.17, 15) is 4.79 Å². The van der Waals surface area contributed by atoms with Crippen molar-refractivity contribution in [2.45, 2.75) is 25.7 Å². The molecule has 25 heavy (non-hydrogen) atoms. The lowest BCUT2D eigenvalue weighted by Gasteiger charge is -2.32. The molecule has 1 amide bonds. The lowest BCUT2D eigenvalue weighted by Crippen LogP contribution is -2.40. The van der Waals surface area contributed by atoms with Gasteiger partial charge in [0, 0.05) is 38.4 Å². The van der Waals surface area contributed by atoms with E-state index in [1.54, 1.807) is 12.4 Å². The summed E-state index contributed by atoms with van der Waals surface area (Å²) in [7, 11) is 0. The summed E-state index contributed by atoms with van der Waals surface area (Å²) in [6.45, 7) is 2.47. The highest BCUT2D eigenvalue weighted by molar-refractivity contribution is 6.31. The third-order valence-corrected chi connectivity index (χ3v) is 4.93. The van der Waals surface area contributed by atoms with Gasteiger partial charge in [-0.05, 0) is 30.7 Å². The Balaban J connectivity index is 1.39. The smallest absolute Gasteiger partial charge is 0.222 e. The number of nitrogens with zero attached hydrogens (tertiary/aromatic N) is 3. The minimum Gasteiger partial charge on any atom is -0.367 e. The Morgan fingerprint density at radius 1 is 1.16 bits per heavy atom. The number of halogens is 1. The molecule has 0 radical (unpaired) electrons. The van der Waals surface area contributed by atoms with Crippen LogP contribution in [0.1, 0.15) is 24.8 Å². The number of nitrogens with one attached hydrogen (secondary N) is 1. The zero-order chi connectivity index (χ0) is 17.5. The van der Waals surface area contributed by atoms with Gasteiger partial charge in [0.05, 0.1) is 0 Å². The van der Waals surface area contributed by atoms with Crippen LogP contribution < -0.4 is 5.32 Å². The first-order valence-electron chi connectivity index (χ1n) is 8.74. The summed E-state index contributed by atoms with van der Waals surface area (Å²) < 4.78 is 0. The van der Waals surface area contributed by atoms with Gasteiger partial charge in [-0.1, -0.05) is 41.9 Å². The van der Waals surface area contributed by atoms with E-state index < -0.39 is 0 Å². The van der Waals surface area contributed by atoms with Crippen LogP contribution in [-0.2, 0) is 11.2 Å². The number of anilines is 1. The molecule has 1 N–H and O–H groups in total. The van der Waals surface area contributed by atoms with Gasteiger partial charge in [-0.3, -0.25) is 4.79 Å². The van der Waals surface area contributed by atoms with Crippen molar-refractivity contribution in [1.29, 1.82) is 0 Å². The van der Waals surface area contributed by atoms with Gasteiger partial charge in [0.1, 0.15) is 0 Å². The lowest BCUT2D eigenvalue weighted by atomic mass is 9.96. The molecule has 1 aliphatic rings. The van der Waals surface area contributed by atoms with Gasteiger partial charge in [0.15, 0.2) is 11.0 Å². The molecular formula is C19H23ClN4O. The number of aromatic nitrogens is 2. The standard InChI is InChI=1S/C19H23ClN4O/c20-18-19(22-11-10-21-18)23-14-16-8-12-24(13-9-16)17(25)7-6-15-4-2-1-3-5-15/h1-5,10-11,16H,6-9,12-14H2,(H,22,23). The van der Waals surface area contributed by atoms with Crippen molar-refractivity contribution in [3.8, 4) is 0 Å². The molecule has 0 bridgehead atoms. The predicted octanol–water partition coefficient (Wildman–Crippen LogP) is 3.41. The van der Waals surface area contributed by atoms with Gasteiger partial charge >= 0.3 is 0 Å². The van der Waals surface area contributed by atoms with Gasteiger partial charge in [-0.15, -0.1) is 0 Å². The van der Waals surface area contributed by atoms with Crippen LogP contribution in [0, 0.1) is 5.92 Å². The van der Waals surface area contributed by atoms with Gasteiger partial charge < -0.3 is 10.2 Å². The van der Waals surface area contributed by atoms with Crippen molar-refractivity contribution in [3.63, 3.8) is 0 Å². The summed E-state index contributed by atoms with van der Waals surface area (Å²) in [6.07, 6.45) is 6.60. The highest BCUT2D eigenvalue weighted by Crippen LogP contribution is 2.20. The fraction of sp³-hybridized carbons (Fsp3) is 0.421. The number of hydrogen-bond acceptors (Lipinski definition) is 4. The first-order chi connectivity index (χ1) is 12.2. The number of rotatable bonds is 6. The topological polar surface area (TPSA) is 58.1 Å². The molecule has 1 aromatic heterocycles. The molecule has 5 nitrogen and oxygen atoms in total. The van der Waals surface area contributed by atoms with E-state index in [0.29, 0.717) is 23.3 Å². The first-order valence-corrected chi connectivity index (χ1v) is 9.12. The minimum absolute atomic E-state index is 0.257. The Morgan fingerprint density at radius 3 is 2.60 bits per heavy atom.